The zero-order chi connectivity index (χ0) is 15.6. The van der Waals surface area contributed by atoms with E-state index >= 15 is 0 Å². The Morgan fingerprint density at radius 1 is 1.52 bits per heavy atom. The number of carbonyl (C=O) groups is 1. The Morgan fingerprint density at radius 2 is 2.24 bits per heavy atom. The lowest BCUT2D eigenvalue weighted by Gasteiger charge is -1.98. The Labute approximate surface area is 126 Å². The van der Waals surface area contributed by atoms with E-state index in [-0.39, 0.29) is 16.3 Å². The minimum atomic E-state index is -1.06. The maximum Gasteiger partial charge on any atom is 0.347 e. The van der Waals surface area contributed by atoms with Gasteiger partial charge in [0, 0.05) is 6.07 Å². The molecule has 0 radical (unpaired) electrons. The quantitative estimate of drug-likeness (QED) is 0.671. The fourth-order valence-corrected chi connectivity index (χ4v) is 3.37. The molecule has 21 heavy (non-hydrogen) atoms. The molecule has 2 rings (SSSR count). The van der Waals surface area contributed by atoms with Crippen LogP contribution in [0.15, 0.2) is 21.5 Å². The number of rotatable bonds is 4. The van der Waals surface area contributed by atoms with Gasteiger partial charge in [-0.3, -0.25) is 10.1 Å². The SMILES string of the molecule is Cc1nc(Sc2ccc([N+](=O)[O-])c(C#N)n2)sc1C(=O)O. The molecule has 0 aromatic carbocycles. The Hall–Kier alpha value is -2.51. The smallest absolute Gasteiger partial charge is 0.347 e. The van der Waals surface area contributed by atoms with E-state index in [2.05, 4.69) is 9.97 Å². The fourth-order valence-electron chi connectivity index (χ4n) is 1.42. The number of aromatic nitrogens is 2. The lowest BCUT2D eigenvalue weighted by Crippen LogP contribution is -1.95. The van der Waals surface area contributed by atoms with Gasteiger partial charge < -0.3 is 5.11 Å². The summed E-state index contributed by atoms with van der Waals surface area (Å²) in [6.45, 7) is 1.58. The normalized spacial score (nSPS) is 10.1. The van der Waals surface area contributed by atoms with E-state index in [1.54, 1.807) is 13.0 Å². The van der Waals surface area contributed by atoms with Gasteiger partial charge in [-0.05, 0) is 24.8 Å². The monoisotopic (exact) mass is 322 g/mol. The number of carboxylic acids is 1. The molecular formula is C11H6N4O4S2. The number of carboxylic acid groups (broad SMARTS) is 1. The molecule has 2 aromatic rings. The van der Waals surface area contributed by atoms with Gasteiger partial charge in [0.1, 0.15) is 16.0 Å². The molecule has 0 aliphatic rings. The van der Waals surface area contributed by atoms with Gasteiger partial charge in [-0.2, -0.15) is 5.26 Å². The van der Waals surface area contributed by atoms with Crippen molar-refractivity contribution < 1.29 is 14.8 Å². The van der Waals surface area contributed by atoms with E-state index in [1.807, 2.05) is 0 Å². The first kappa shape index (κ1) is 14.9. The Balaban J connectivity index is 2.32. The van der Waals surface area contributed by atoms with Crippen LogP contribution in [0.5, 0.6) is 0 Å². The molecule has 0 amide bonds. The molecule has 0 saturated heterocycles. The molecule has 2 aromatic heterocycles. The molecule has 0 atom stereocenters. The molecule has 8 nitrogen and oxygen atoms in total. The molecule has 0 aliphatic carbocycles. The van der Waals surface area contributed by atoms with Gasteiger partial charge in [-0.25, -0.2) is 14.8 Å². The third-order valence-corrected chi connectivity index (χ3v) is 4.46. The lowest BCUT2D eigenvalue weighted by atomic mass is 10.3. The molecule has 0 spiro atoms. The average Bonchev–Trinajstić information content (AvgIpc) is 2.79. The second-order valence-electron chi connectivity index (χ2n) is 3.69. The van der Waals surface area contributed by atoms with Crippen molar-refractivity contribution in [2.24, 2.45) is 0 Å². The number of aromatic carboxylic acids is 1. The molecule has 0 fully saturated rings. The highest BCUT2D eigenvalue weighted by Crippen LogP contribution is 2.33. The second kappa shape index (κ2) is 5.86. The topological polar surface area (TPSA) is 130 Å². The minimum absolute atomic E-state index is 0.125. The number of nitro groups is 1. The van der Waals surface area contributed by atoms with Gasteiger partial charge in [-0.1, -0.05) is 11.3 Å². The van der Waals surface area contributed by atoms with Gasteiger partial charge >= 0.3 is 11.7 Å². The summed E-state index contributed by atoms with van der Waals surface area (Å²) in [7, 11) is 0. The molecule has 106 valence electrons. The summed E-state index contributed by atoms with van der Waals surface area (Å²) < 4.78 is 0.440. The summed E-state index contributed by atoms with van der Waals surface area (Å²) in [6, 6.07) is 4.24. The van der Waals surface area contributed by atoms with Crippen LogP contribution in [0, 0.1) is 28.4 Å². The van der Waals surface area contributed by atoms with E-state index < -0.39 is 10.9 Å². The Bertz CT molecular complexity index is 781. The van der Waals surface area contributed by atoms with Crippen LogP contribution in [-0.2, 0) is 0 Å². The van der Waals surface area contributed by atoms with E-state index in [9.17, 15) is 14.9 Å². The van der Waals surface area contributed by atoms with Crippen molar-refractivity contribution in [2.75, 3.05) is 0 Å². The van der Waals surface area contributed by atoms with Crippen LogP contribution in [0.4, 0.5) is 5.69 Å². The van der Waals surface area contributed by atoms with Crippen LogP contribution < -0.4 is 0 Å². The third kappa shape index (κ3) is 3.15. The molecule has 0 aliphatic heterocycles. The van der Waals surface area contributed by atoms with Crippen LogP contribution in [-0.4, -0.2) is 26.0 Å². The Morgan fingerprint density at radius 3 is 2.76 bits per heavy atom. The predicted molar refractivity (Wildman–Crippen MR) is 73.5 cm³/mol. The van der Waals surface area contributed by atoms with Crippen molar-refractivity contribution in [3.8, 4) is 6.07 Å². The molecular weight excluding hydrogens is 316 g/mol. The van der Waals surface area contributed by atoms with Gasteiger partial charge in [0.2, 0.25) is 5.69 Å². The van der Waals surface area contributed by atoms with Crippen molar-refractivity contribution in [1.29, 1.82) is 5.26 Å². The summed E-state index contributed by atoms with van der Waals surface area (Å²) >= 11 is 2.03. The van der Waals surface area contributed by atoms with Crippen molar-refractivity contribution in [2.45, 2.75) is 16.3 Å². The summed E-state index contributed by atoms with van der Waals surface area (Å²) in [5, 5.41) is 28.9. The first-order chi connectivity index (χ1) is 9.92. The van der Waals surface area contributed by atoms with E-state index in [1.165, 1.54) is 12.1 Å². The summed E-state index contributed by atoms with van der Waals surface area (Å²) in [4.78, 5) is 29.0. The lowest BCUT2D eigenvalue weighted by molar-refractivity contribution is -0.385. The van der Waals surface area contributed by atoms with E-state index in [0.29, 0.717) is 15.1 Å². The standard InChI is InChI=1S/C11H6N4O4S2/c1-5-9(10(16)17)21-11(13-5)20-8-3-2-7(15(18)19)6(4-12)14-8/h2-3H,1H3,(H,16,17). The molecule has 0 bridgehead atoms. The summed E-state index contributed by atoms with van der Waals surface area (Å²) in [6.07, 6.45) is 0. The van der Waals surface area contributed by atoms with Gasteiger partial charge in [0.25, 0.3) is 0 Å². The zero-order valence-corrected chi connectivity index (χ0v) is 12.1. The van der Waals surface area contributed by atoms with Crippen molar-refractivity contribution in [1.82, 2.24) is 9.97 Å². The number of pyridine rings is 1. The number of nitriles is 1. The van der Waals surface area contributed by atoms with Crippen LogP contribution in [0.1, 0.15) is 21.1 Å². The second-order valence-corrected chi connectivity index (χ2v) is 5.95. The fraction of sp³-hybridized carbons (Fsp3) is 0.0909. The van der Waals surface area contributed by atoms with E-state index in [4.69, 9.17) is 10.4 Å². The first-order valence-corrected chi connectivity index (χ1v) is 6.99. The van der Waals surface area contributed by atoms with Crippen molar-refractivity contribution >= 4 is 34.8 Å². The molecule has 1 N–H and O–H groups in total. The highest BCUT2D eigenvalue weighted by Gasteiger charge is 2.18. The number of nitrogens with zero attached hydrogens (tertiary/aromatic N) is 4. The molecule has 0 saturated carbocycles. The largest absolute Gasteiger partial charge is 0.477 e. The van der Waals surface area contributed by atoms with Crippen LogP contribution in [0.25, 0.3) is 0 Å². The van der Waals surface area contributed by atoms with Gasteiger partial charge in [0.15, 0.2) is 4.34 Å². The highest BCUT2D eigenvalue weighted by atomic mass is 32.2. The minimum Gasteiger partial charge on any atom is -0.477 e. The molecule has 2 heterocycles. The number of hydrogen-bond donors (Lipinski definition) is 1. The third-order valence-electron chi connectivity index (χ3n) is 2.31. The maximum absolute atomic E-state index is 10.9. The molecule has 10 heteroatoms. The number of hydrogen-bond acceptors (Lipinski definition) is 8. The van der Waals surface area contributed by atoms with Crippen molar-refractivity contribution in [3.05, 3.63) is 38.5 Å². The Kier molecular flexibility index (Phi) is 4.15. The van der Waals surface area contributed by atoms with Crippen LogP contribution in [0.3, 0.4) is 0 Å². The number of thiazole rings is 1. The van der Waals surface area contributed by atoms with Crippen LogP contribution >= 0.6 is 23.1 Å². The highest BCUT2D eigenvalue weighted by molar-refractivity contribution is 8.01. The molecule has 0 unspecified atom stereocenters. The number of aryl methyl sites for hydroxylation is 1. The predicted octanol–water partition coefficient (Wildman–Crippen LogP) is 2.48. The summed E-state index contributed by atoms with van der Waals surface area (Å²) in [5.41, 5.74) is -0.280. The van der Waals surface area contributed by atoms with Gasteiger partial charge in [-0.15, -0.1) is 0 Å². The average molecular weight is 322 g/mol. The van der Waals surface area contributed by atoms with Crippen molar-refractivity contribution in [3.63, 3.8) is 0 Å². The first-order valence-electron chi connectivity index (χ1n) is 5.36. The van der Waals surface area contributed by atoms with E-state index in [0.717, 1.165) is 23.1 Å². The van der Waals surface area contributed by atoms with Gasteiger partial charge in [0.05, 0.1) is 10.6 Å². The maximum atomic E-state index is 10.9. The summed E-state index contributed by atoms with van der Waals surface area (Å²) in [5.74, 6) is -1.06. The zero-order valence-electron chi connectivity index (χ0n) is 10.4. The van der Waals surface area contributed by atoms with Crippen LogP contribution in [0.2, 0.25) is 0 Å².